The van der Waals surface area contributed by atoms with Crippen LogP contribution in [0.25, 0.3) is 0 Å². The molecule has 0 radical (unpaired) electrons. The van der Waals surface area contributed by atoms with Crippen LogP contribution in [-0.2, 0) is 12.8 Å². The molecule has 4 heteroatoms. The van der Waals surface area contributed by atoms with Crippen molar-refractivity contribution in [1.29, 1.82) is 0 Å². The summed E-state index contributed by atoms with van der Waals surface area (Å²) >= 11 is 0. The van der Waals surface area contributed by atoms with Crippen molar-refractivity contribution in [2.45, 2.75) is 32.2 Å². The molecule has 1 aliphatic rings. The molecule has 0 saturated carbocycles. The van der Waals surface area contributed by atoms with Crippen LogP contribution < -0.4 is 15.2 Å². The number of nitrogens with two attached hydrogens (primary N) is 1. The molecule has 1 aromatic carbocycles. The van der Waals surface area contributed by atoms with Gasteiger partial charge in [0.25, 0.3) is 0 Å². The smallest absolute Gasteiger partial charge is 0.161 e. The molecule has 0 aromatic heterocycles. The third-order valence-corrected chi connectivity index (χ3v) is 3.73. The Kier molecular flexibility index (Phi) is 4.55. The van der Waals surface area contributed by atoms with E-state index in [-0.39, 0.29) is 5.54 Å². The summed E-state index contributed by atoms with van der Waals surface area (Å²) in [5.41, 5.74) is 8.71. The number of nitrogens with zero attached hydrogens (tertiary/aromatic N) is 1. The molecule has 4 nitrogen and oxygen atoms in total. The van der Waals surface area contributed by atoms with E-state index in [1.165, 1.54) is 11.1 Å². The number of hydrogen-bond acceptors (Lipinski definition) is 4. The van der Waals surface area contributed by atoms with Crippen LogP contribution in [0.1, 0.15) is 25.0 Å². The van der Waals surface area contributed by atoms with Gasteiger partial charge in [-0.15, -0.1) is 0 Å². The summed E-state index contributed by atoms with van der Waals surface area (Å²) in [5, 5.41) is 0. The molecule has 1 aromatic rings. The first-order chi connectivity index (χ1) is 9.43. The van der Waals surface area contributed by atoms with Crippen molar-refractivity contribution in [3.63, 3.8) is 0 Å². The minimum atomic E-state index is -0.147. The minimum absolute atomic E-state index is 0.147. The summed E-state index contributed by atoms with van der Waals surface area (Å²) in [6.45, 7) is 7.18. The van der Waals surface area contributed by atoms with Crippen molar-refractivity contribution in [1.82, 2.24) is 4.90 Å². The number of rotatable bonds is 4. The van der Waals surface area contributed by atoms with Crippen molar-refractivity contribution < 1.29 is 9.47 Å². The van der Waals surface area contributed by atoms with Gasteiger partial charge in [0, 0.05) is 25.2 Å². The number of methoxy groups -OCH3 is 2. The highest BCUT2D eigenvalue weighted by Gasteiger charge is 2.21. The number of hydrogen-bond donors (Lipinski definition) is 1. The Morgan fingerprint density at radius 1 is 1.05 bits per heavy atom. The predicted molar refractivity (Wildman–Crippen MR) is 81.7 cm³/mol. The van der Waals surface area contributed by atoms with Crippen LogP contribution in [0.4, 0.5) is 0 Å². The highest BCUT2D eigenvalue weighted by atomic mass is 16.5. The molecular weight excluding hydrogens is 252 g/mol. The van der Waals surface area contributed by atoms with Crippen molar-refractivity contribution in [3.8, 4) is 11.5 Å². The average Bonchev–Trinajstić information content (AvgIpc) is 2.58. The number of fused-ring (bicyclic) bond motifs is 1. The SMILES string of the molecule is COc1cc2c(cc1OC)CCN(CC(C)(C)N)CC2. The molecule has 0 amide bonds. The second kappa shape index (κ2) is 6.02. The molecule has 0 bridgehead atoms. The summed E-state index contributed by atoms with van der Waals surface area (Å²) in [5.74, 6) is 1.64. The maximum atomic E-state index is 6.13. The zero-order valence-electron chi connectivity index (χ0n) is 13.0. The Balaban J connectivity index is 2.17. The molecule has 2 rings (SSSR count). The predicted octanol–water partition coefficient (Wildman–Crippen LogP) is 1.84. The Hall–Kier alpha value is -1.26. The first kappa shape index (κ1) is 15.1. The van der Waals surface area contributed by atoms with Gasteiger partial charge in [0.15, 0.2) is 11.5 Å². The molecule has 0 atom stereocenters. The van der Waals surface area contributed by atoms with Crippen LogP contribution in [0, 0.1) is 0 Å². The summed E-state index contributed by atoms with van der Waals surface area (Å²) < 4.78 is 10.8. The number of ether oxygens (including phenoxy) is 2. The highest BCUT2D eigenvalue weighted by Crippen LogP contribution is 2.32. The lowest BCUT2D eigenvalue weighted by atomic mass is 10.0. The molecule has 0 spiro atoms. The van der Waals surface area contributed by atoms with Crippen LogP contribution in [-0.4, -0.2) is 44.3 Å². The molecule has 20 heavy (non-hydrogen) atoms. The van der Waals surface area contributed by atoms with Crippen LogP contribution in [0.15, 0.2) is 12.1 Å². The van der Waals surface area contributed by atoms with E-state index >= 15 is 0 Å². The first-order valence-electron chi connectivity index (χ1n) is 7.18. The summed E-state index contributed by atoms with van der Waals surface area (Å²) in [6, 6.07) is 4.23. The van der Waals surface area contributed by atoms with E-state index in [1.807, 2.05) is 0 Å². The fourth-order valence-electron chi connectivity index (χ4n) is 2.83. The van der Waals surface area contributed by atoms with Crippen molar-refractivity contribution in [2.24, 2.45) is 5.73 Å². The Labute approximate surface area is 121 Å². The van der Waals surface area contributed by atoms with E-state index in [1.54, 1.807) is 14.2 Å². The Bertz CT molecular complexity index is 431. The Morgan fingerprint density at radius 2 is 1.50 bits per heavy atom. The van der Waals surface area contributed by atoms with E-state index in [0.29, 0.717) is 0 Å². The zero-order chi connectivity index (χ0) is 14.8. The third-order valence-electron chi connectivity index (χ3n) is 3.73. The summed E-state index contributed by atoms with van der Waals surface area (Å²) in [4.78, 5) is 2.44. The molecule has 1 heterocycles. The molecule has 1 aliphatic heterocycles. The van der Waals surface area contributed by atoms with E-state index in [0.717, 1.165) is 44.0 Å². The monoisotopic (exact) mass is 278 g/mol. The van der Waals surface area contributed by atoms with Gasteiger partial charge in [-0.05, 0) is 49.9 Å². The van der Waals surface area contributed by atoms with Crippen LogP contribution in [0.2, 0.25) is 0 Å². The lowest BCUT2D eigenvalue weighted by Crippen LogP contribution is -2.46. The van der Waals surface area contributed by atoms with Gasteiger partial charge in [-0.1, -0.05) is 0 Å². The zero-order valence-corrected chi connectivity index (χ0v) is 13.0. The van der Waals surface area contributed by atoms with Gasteiger partial charge in [0.05, 0.1) is 14.2 Å². The van der Waals surface area contributed by atoms with Gasteiger partial charge < -0.3 is 20.1 Å². The molecule has 112 valence electrons. The Morgan fingerprint density at radius 3 is 1.85 bits per heavy atom. The largest absolute Gasteiger partial charge is 0.493 e. The van der Waals surface area contributed by atoms with E-state index < -0.39 is 0 Å². The van der Waals surface area contributed by atoms with Crippen molar-refractivity contribution in [3.05, 3.63) is 23.3 Å². The number of benzene rings is 1. The standard InChI is InChI=1S/C16H26N2O2/c1-16(2,17)11-18-7-5-12-9-14(19-3)15(20-4)10-13(12)6-8-18/h9-10H,5-8,11,17H2,1-4H3. The van der Waals surface area contributed by atoms with Crippen molar-refractivity contribution >= 4 is 0 Å². The summed E-state index contributed by atoms with van der Waals surface area (Å²) in [6.07, 6.45) is 2.07. The minimum Gasteiger partial charge on any atom is -0.493 e. The topological polar surface area (TPSA) is 47.7 Å². The fourth-order valence-corrected chi connectivity index (χ4v) is 2.83. The van der Waals surface area contributed by atoms with Crippen LogP contribution in [0.3, 0.4) is 0 Å². The average molecular weight is 278 g/mol. The molecule has 0 unspecified atom stereocenters. The molecule has 0 saturated heterocycles. The quantitative estimate of drug-likeness (QED) is 0.913. The molecule has 0 fully saturated rings. The second-order valence-electron chi connectivity index (χ2n) is 6.24. The van der Waals surface area contributed by atoms with Gasteiger partial charge in [-0.2, -0.15) is 0 Å². The van der Waals surface area contributed by atoms with Gasteiger partial charge in [0.2, 0.25) is 0 Å². The highest BCUT2D eigenvalue weighted by molar-refractivity contribution is 5.48. The molecular formula is C16H26N2O2. The van der Waals surface area contributed by atoms with E-state index in [4.69, 9.17) is 15.2 Å². The van der Waals surface area contributed by atoms with E-state index in [2.05, 4.69) is 30.9 Å². The molecule has 0 aliphatic carbocycles. The van der Waals surface area contributed by atoms with Gasteiger partial charge >= 0.3 is 0 Å². The van der Waals surface area contributed by atoms with E-state index in [9.17, 15) is 0 Å². The lowest BCUT2D eigenvalue weighted by Gasteiger charge is -2.28. The van der Waals surface area contributed by atoms with Gasteiger partial charge in [-0.3, -0.25) is 0 Å². The lowest BCUT2D eigenvalue weighted by molar-refractivity contribution is 0.235. The van der Waals surface area contributed by atoms with Gasteiger partial charge in [0.1, 0.15) is 0 Å². The molecule has 2 N–H and O–H groups in total. The normalized spacial score (nSPS) is 16.4. The second-order valence-corrected chi connectivity index (χ2v) is 6.24. The fraction of sp³-hybridized carbons (Fsp3) is 0.625. The maximum Gasteiger partial charge on any atom is 0.161 e. The first-order valence-corrected chi connectivity index (χ1v) is 7.18. The summed E-state index contributed by atoms with van der Waals surface area (Å²) in [7, 11) is 3.37. The third kappa shape index (κ3) is 3.64. The maximum absolute atomic E-state index is 6.13. The van der Waals surface area contributed by atoms with Gasteiger partial charge in [-0.25, -0.2) is 0 Å². The van der Waals surface area contributed by atoms with Crippen LogP contribution >= 0.6 is 0 Å². The van der Waals surface area contributed by atoms with Crippen LogP contribution in [0.5, 0.6) is 11.5 Å². The van der Waals surface area contributed by atoms with Crippen molar-refractivity contribution in [2.75, 3.05) is 33.9 Å².